The highest BCUT2D eigenvalue weighted by Gasteiger charge is 2.15. The number of hydrogen-bond donors (Lipinski definition) is 0. The van der Waals surface area contributed by atoms with Crippen LogP contribution in [0, 0.1) is 12.7 Å². The Balaban J connectivity index is 2.20. The van der Waals surface area contributed by atoms with Crippen LogP contribution in [0.5, 0.6) is 0 Å². The standard InChI is InChI=1S/C14H15ClFN3S/c1-4-7-19-10(3)17-18-14(19)20-9(2)11-5-6-13(16)12(15)8-11/h4-6,8-9H,1,7H2,2-3H3. The molecular weight excluding hydrogens is 297 g/mol. The molecule has 3 nitrogen and oxygen atoms in total. The first-order chi connectivity index (χ1) is 9.52. The number of aromatic nitrogens is 3. The number of aryl methyl sites for hydroxylation is 1. The van der Waals surface area contributed by atoms with Crippen LogP contribution in [0.2, 0.25) is 5.02 Å². The average Bonchev–Trinajstić information content (AvgIpc) is 2.75. The summed E-state index contributed by atoms with van der Waals surface area (Å²) in [6.07, 6.45) is 1.81. The van der Waals surface area contributed by atoms with Crippen LogP contribution in [-0.4, -0.2) is 14.8 Å². The number of halogens is 2. The van der Waals surface area contributed by atoms with E-state index in [0.29, 0.717) is 6.54 Å². The van der Waals surface area contributed by atoms with Crippen molar-refractivity contribution in [3.63, 3.8) is 0 Å². The van der Waals surface area contributed by atoms with Crippen LogP contribution in [0.4, 0.5) is 4.39 Å². The predicted octanol–water partition coefficient (Wildman–Crippen LogP) is 4.42. The molecule has 1 aromatic heterocycles. The minimum absolute atomic E-state index is 0.0975. The molecule has 0 saturated heterocycles. The van der Waals surface area contributed by atoms with Crippen LogP contribution in [0.1, 0.15) is 23.6 Å². The molecule has 1 heterocycles. The Kier molecular flexibility index (Phi) is 4.83. The van der Waals surface area contributed by atoms with Crippen molar-refractivity contribution in [2.75, 3.05) is 0 Å². The van der Waals surface area contributed by atoms with Gasteiger partial charge in [-0.1, -0.05) is 35.5 Å². The minimum atomic E-state index is -0.404. The second-order valence-electron chi connectivity index (χ2n) is 4.36. The fourth-order valence-corrected chi connectivity index (χ4v) is 2.99. The maximum atomic E-state index is 13.2. The van der Waals surface area contributed by atoms with Gasteiger partial charge >= 0.3 is 0 Å². The van der Waals surface area contributed by atoms with Gasteiger partial charge in [0.05, 0.1) is 5.02 Å². The monoisotopic (exact) mass is 311 g/mol. The second-order valence-corrected chi connectivity index (χ2v) is 6.08. The summed E-state index contributed by atoms with van der Waals surface area (Å²) in [6.45, 7) is 8.32. The zero-order valence-electron chi connectivity index (χ0n) is 11.3. The van der Waals surface area contributed by atoms with Crippen molar-refractivity contribution in [1.29, 1.82) is 0 Å². The Morgan fingerprint density at radius 2 is 2.25 bits per heavy atom. The van der Waals surface area contributed by atoms with Gasteiger partial charge in [0, 0.05) is 11.8 Å². The first kappa shape index (κ1) is 15.1. The van der Waals surface area contributed by atoms with Gasteiger partial charge in [0.2, 0.25) is 0 Å². The highest BCUT2D eigenvalue weighted by molar-refractivity contribution is 7.99. The molecule has 1 unspecified atom stereocenters. The lowest BCUT2D eigenvalue weighted by Crippen LogP contribution is -2.01. The van der Waals surface area contributed by atoms with Crippen LogP contribution < -0.4 is 0 Å². The van der Waals surface area contributed by atoms with Gasteiger partial charge in [-0.2, -0.15) is 0 Å². The normalized spacial score (nSPS) is 12.4. The van der Waals surface area contributed by atoms with E-state index in [1.54, 1.807) is 30.0 Å². The van der Waals surface area contributed by atoms with Gasteiger partial charge in [-0.05, 0) is 31.5 Å². The van der Waals surface area contributed by atoms with E-state index >= 15 is 0 Å². The number of rotatable bonds is 5. The Labute approximate surface area is 126 Å². The molecule has 2 rings (SSSR count). The summed E-state index contributed by atoms with van der Waals surface area (Å²) >= 11 is 7.37. The van der Waals surface area contributed by atoms with Gasteiger partial charge in [-0.25, -0.2) is 4.39 Å². The van der Waals surface area contributed by atoms with Crippen molar-refractivity contribution in [2.45, 2.75) is 30.8 Å². The molecule has 0 amide bonds. The number of thioether (sulfide) groups is 1. The van der Waals surface area contributed by atoms with Gasteiger partial charge in [0.15, 0.2) is 5.16 Å². The molecule has 2 aromatic rings. The van der Waals surface area contributed by atoms with E-state index in [4.69, 9.17) is 11.6 Å². The Bertz CT molecular complexity index is 627. The van der Waals surface area contributed by atoms with Crippen molar-refractivity contribution >= 4 is 23.4 Å². The van der Waals surface area contributed by atoms with E-state index in [1.807, 2.05) is 18.4 Å². The molecular formula is C14H15ClFN3S. The van der Waals surface area contributed by atoms with E-state index < -0.39 is 5.82 Å². The van der Waals surface area contributed by atoms with Gasteiger partial charge in [0.25, 0.3) is 0 Å². The van der Waals surface area contributed by atoms with E-state index in [0.717, 1.165) is 16.5 Å². The van der Waals surface area contributed by atoms with Crippen molar-refractivity contribution in [1.82, 2.24) is 14.8 Å². The summed E-state index contributed by atoms with van der Waals surface area (Å²) in [6, 6.07) is 4.77. The highest BCUT2D eigenvalue weighted by atomic mass is 35.5. The smallest absolute Gasteiger partial charge is 0.192 e. The van der Waals surface area contributed by atoms with E-state index in [1.165, 1.54) is 6.07 Å². The number of allylic oxidation sites excluding steroid dienone is 1. The average molecular weight is 312 g/mol. The van der Waals surface area contributed by atoms with Gasteiger partial charge < -0.3 is 4.57 Å². The first-order valence-corrected chi connectivity index (χ1v) is 7.41. The molecule has 0 N–H and O–H groups in total. The first-order valence-electron chi connectivity index (χ1n) is 6.15. The molecule has 0 spiro atoms. The fourth-order valence-electron chi connectivity index (χ4n) is 1.78. The van der Waals surface area contributed by atoms with Crippen LogP contribution in [0.15, 0.2) is 36.0 Å². The number of hydrogen-bond acceptors (Lipinski definition) is 3. The molecule has 6 heteroatoms. The quantitative estimate of drug-likeness (QED) is 0.605. The second kappa shape index (κ2) is 6.41. The third-order valence-corrected chi connectivity index (χ3v) is 4.34. The lowest BCUT2D eigenvalue weighted by molar-refractivity contribution is 0.627. The summed E-state index contributed by atoms with van der Waals surface area (Å²) < 4.78 is 15.2. The largest absolute Gasteiger partial charge is 0.302 e. The molecule has 1 aromatic carbocycles. The minimum Gasteiger partial charge on any atom is -0.302 e. The van der Waals surface area contributed by atoms with Gasteiger partial charge in [-0.3, -0.25) is 0 Å². The number of benzene rings is 1. The van der Waals surface area contributed by atoms with Crippen LogP contribution in [0.3, 0.4) is 0 Å². The summed E-state index contributed by atoms with van der Waals surface area (Å²) in [5, 5.41) is 9.28. The lowest BCUT2D eigenvalue weighted by Gasteiger charge is -2.12. The van der Waals surface area contributed by atoms with Crippen molar-refractivity contribution in [2.24, 2.45) is 0 Å². The molecule has 0 bridgehead atoms. The molecule has 0 radical (unpaired) electrons. The van der Waals surface area contributed by atoms with Crippen LogP contribution in [-0.2, 0) is 6.54 Å². The van der Waals surface area contributed by atoms with Gasteiger partial charge in [-0.15, -0.1) is 16.8 Å². The maximum Gasteiger partial charge on any atom is 0.192 e. The Morgan fingerprint density at radius 1 is 1.50 bits per heavy atom. The van der Waals surface area contributed by atoms with E-state index in [2.05, 4.69) is 16.8 Å². The zero-order chi connectivity index (χ0) is 14.7. The summed E-state index contributed by atoms with van der Waals surface area (Å²) in [5.41, 5.74) is 0.951. The van der Waals surface area contributed by atoms with Crippen molar-refractivity contribution in [3.8, 4) is 0 Å². The van der Waals surface area contributed by atoms with Crippen molar-refractivity contribution in [3.05, 3.63) is 53.1 Å². The third kappa shape index (κ3) is 3.22. The lowest BCUT2D eigenvalue weighted by atomic mass is 10.2. The summed E-state index contributed by atoms with van der Waals surface area (Å²) in [5.74, 6) is 0.440. The topological polar surface area (TPSA) is 30.7 Å². The molecule has 0 fully saturated rings. The Hall–Kier alpha value is -1.33. The van der Waals surface area contributed by atoms with E-state index in [9.17, 15) is 4.39 Å². The van der Waals surface area contributed by atoms with E-state index in [-0.39, 0.29) is 10.3 Å². The van der Waals surface area contributed by atoms with Crippen LogP contribution in [0.25, 0.3) is 0 Å². The molecule has 0 aliphatic rings. The SMILES string of the molecule is C=CCn1c(C)nnc1SC(C)c1ccc(F)c(Cl)c1. The van der Waals surface area contributed by atoms with Gasteiger partial charge in [0.1, 0.15) is 11.6 Å². The zero-order valence-corrected chi connectivity index (χ0v) is 12.9. The molecule has 106 valence electrons. The molecule has 0 aliphatic heterocycles. The Morgan fingerprint density at radius 3 is 2.90 bits per heavy atom. The summed E-state index contributed by atoms with van der Waals surface area (Å²) in [7, 11) is 0. The third-order valence-electron chi connectivity index (χ3n) is 2.91. The fraction of sp³-hybridized carbons (Fsp3) is 0.286. The molecule has 0 saturated carbocycles. The summed E-state index contributed by atoms with van der Waals surface area (Å²) in [4.78, 5) is 0. The predicted molar refractivity (Wildman–Crippen MR) is 80.6 cm³/mol. The molecule has 1 atom stereocenters. The van der Waals surface area contributed by atoms with Crippen molar-refractivity contribution < 1.29 is 4.39 Å². The maximum absolute atomic E-state index is 13.2. The molecule has 20 heavy (non-hydrogen) atoms. The number of nitrogens with zero attached hydrogens (tertiary/aromatic N) is 3. The highest BCUT2D eigenvalue weighted by Crippen LogP contribution is 2.35. The van der Waals surface area contributed by atoms with Crippen LogP contribution >= 0.6 is 23.4 Å². The molecule has 0 aliphatic carbocycles.